The molecule has 1 saturated heterocycles. The molecule has 35 heavy (non-hydrogen) atoms. The lowest BCUT2D eigenvalue weighted by Gasteiger charge is -2.43. The van der Waals surface area contributed by atoms with Crippen LogP contribution in [0.15, 0.2) is 71.5 Å². The number of fused-ring (bicyclic) bond motifs is 4. The monoisotopic (exact) mass is 471 g/mol. The van der Waals surface area contributed by atoms with Crippen molar-refractivity contribution in [1.82, 2.24) is 9.47 Å². The number of hydrogen-bond acceptors (Lipinski definition) is 4. The van der Waals surface area contributed by atoms with Crippen molar-refractivity contribution in [1.29, 1.82) is 0 Å². The van der Waals surface area contributed by atoms with Crippen LogP contribution >= 0.6 is 0 Å². The molecule has 0 saturated carbocycles. The molecule has 2 aromatic carbocycles. The summed E-state index contributed by atoms with van der Waals surface area (Å²) < 4.78 is 6.71. The Balaban J connectivity index is 1.31. The summed E-state index contributed by atoms with van der Waals surface area (Å²) in [5, 5.41) is 2.71. The Morgan fingerprint density at radius 3 is 2.43 bits per heavy atom. The van der Waals surface area contributed by atoms with E-state index in [1.165, 1.54) is 7.11 Å². The van der Waals surface area contributed by atoms with E-state index in [4.69, 9.17) is 4.74 Å². The van der Waals surface area contributed by atoms with Gasteiger partial charge in [-0.25, -0.2) is 0 Å². The first-order valence-electron chi connectivity index (χ1n) is 12.0. The molecule has 1 fully saturated rings. The van der Waals surface area contributed by atoms with Gasteiger partial charge in [0, 0.05) is 43.9 Å². The van der Waals surface area contributed by atoms with Crippen LogP contribution in [0.4, 0.5) is 5.69 Å². The molecule has 0 spiro atoms. The average molecular weight is 472 g/mol. The van der Waals surface area contributed by atoms with Crippen LogP contribution in [-0.2, 0) is 16.1 Å². The number of aromatic nitrogens is 1. The van der Waals surface area contributed by atoms with Gasteiger partial charge in [-0.15, -0.1) is 0 Å². The zero-order valence-corrected chi connectivity index (χ0v) is 19.8. The number of methoxy groups -OCH3 is 1. The molecule has 2 atom stereocenters. The quantitative estimate of drug-likeness (QED) is 0.594. The molecule has 7 nitrogen and oxygen atoms in total. The molecule has 0 aliphatic carbocycles. The van der Waals surface area contributed by atoms with Crippen LogP contribution in [0, 0.1) is 5.92 Å². The number of carbonyl (C=O) groups is 2. The average Bonchev–Trinajstić information content (AvgIpc) is 2.89. The lowest BCUT2D eigenvalue weighted by molar-refractivity contribution is -0.117. The Morgan fingerprint density at radius 1 is 0.943 bits per heavy atom. The Bertz CT molecular complexity index is 1280. The molecular weight excluding hydrogens is 442 g/mol. The molecule has 0 radical (unpaired) electrons. The van der Waals surface area contributed by atoms with Gasteiger partial charge < -0.3 is 19.5 Å². The highest BCUT2D eigenvalue weighted by molar-refractivity contribution is 5.95. The molecule has 2 bridgehead atoms. The number of rotatable bonds is 6. The number of anilines is 1. The van der Waals surface area contributed by atoms with E-state index < -0.39 is 0 Å². The third-order valence-corrected chi connectivity index (χ3v) is 6.94. The minimum absolute atomic E-state index is 0.0251. The molecule has 180 valence electrons. The summed E-state index contributed by atoms with van der Waals surface area (Å²) in [6.07, 6.45) is 1.15. The summed E-state index contributed by atoms with van der Waals surface area (Å²) in [6.45, 7) is 2.05. The number of piperidine rings is 1. The lowest BCUT2D eigenvalue weighted by Crippen LogP contribution is -2.49. The van der Waals surface area contributed by atoms with E-state index in [0.717, 1.165) is 23.2 Å². The fraction of sp³-hybridized carbons (Fsp3) is 0.321. The first-order chi connectivity index (χ1) is 17.0. The molecule has 3 heterocycles. The number of amides is 2. The van der Waals surface area contributed by atoms with Crippen molar-refractivity contribution in [3.8, 4) is 11.1 Å². The minimum atomic E-state index is -0.240. The number of pyridine rings is 1. The van der Waals surface area contributed by atoms with Crippen molar-refractivity contribution in [3.05, 3.63) is 88.3 Å². The van der Waals surface area contributed by atoms with Gasteiger partial charge in [0.2, 0.25) is 5.91 Å². The van der Waals surface area contributed by atoms with Gasteiger partial charge in [0.15, 0.2) is 0 Å². The van der Waals surface area contributed by atoms with Gasteiger partial charge in [-0.1, -0.05) is 42.5 Å². The summed E-state index contributed by atoms with van der Waals surface area (Å²) in [4.78, 5) is 40.4. The normalized spacial score (nSPS) is 18.6. The summed E-state index contributed by atoms with van der Waals surface area (Å²) in [7, 11) is 1.54. The third kappa shape index (κ3) is 4.77. The minimum Gasteiger partial charge on any atom is -0.384 e. The summed E-state index contributed by atoms with van der Waals surface area (Å²) >= 11 is 0. The van der Waals surface area contributed by atoms with Crippen molar-refractivity contribution in [3.63, 3.8) is 0 Å². The van der Waals surface area contributed by atoms with Crippen molar-refractivity contribution in [2.75, 3.05) is 32.1 Å². The smallest absolute Gasteiger partial charge is 0.274 e. The molecule has 2 aliphatic rings. The number of ether oxygens (including phenoxy) is 1. The summed E-state index contributed by atoms with van der Waals surface area (Å²) in [5.74, 6) is 0.0830. The second-order valence-corrected chi connectivity index (χ2v) is 9.33. The second-order valence-electron chi connectivity index (χ2n) is 9.33. The van der Waals surface area contributed by atoms with E-state index in [9.17, 15) is 14.4 Å². The van der Waals surface area contributed by atoms with Crippen LogP contribution < -0.4 is 10.9 Å². The van der Waals surface area contributed by atoms with Crippen LogP contribution in [0.5, 0.6) is 0 Å². The third-order valence-electron chi connectivity index (χ3n) is 6.94. The highest BCUT2D eigenvalue weighted by Crippen LogP contribution is 2.36. The molecule has 7 heteroatoms. The van der Waals surface area contributed by atoms with Crippen molar-refractivity contribution < 1.29 is 14.3 Å². The number of likely N-dealkylation sites (tertiary alicyclic amines) is 1. The Morgan fingerprint density at radius 2 is 1.69 bits per heavy atom. The highest BCUT2D eigenvalue weighted by atomic mass is 16.5. The molecule has 5 rings (SSSR count). The SMILES string of the molecule is COCCC(=O)Nc1ccc2n(c1=O)C[C@@H]1C[C@@H]2CN(C(=O)c2ccc(-c3ccccc3)cc2)C1. The van der Waals surface area contributed by atoms with E-state index in [2.05, 4.69) is 17.4 Å². The second kappa shape index (κ2) is 9.88. The Hall–Kier alpha value is -3.71. The molecule has 1 aromatic heterocycles. The van der Waals surface area contributed by atoms with Crippen molar-refractivity contribution in [2.45, 2.75) is 25.3 Å². The molecule has 1 N–H and O–H groups in total. The Labute approximate surface area is 204 Å². The van der Waals surface area contributed by atoms with E-state index >= 15 is 0 Å². The molecular formula is C28H29N3O4. The van der Waals surface area contributed by atoms with E-state index in [-0.39, 0.29) is 35.6 Å². The van der Waals surface area contributed by atoms with Crippen molar-refractivity contribution in [2.24, 2.45) is 5.92 Å². The maximum atomic E-state index is 13.3. The molecule has 2 aliphatic heterocycles. The number of carbonyl (C=O) groups excluding carboxylic acids is 2. The standard InChI is InChI=1S/C28H29N3O4/c1-35-14-13-26(32)29-24-11-12-25-23-15-19(17-31(25)28(24)34)16-30(18-23)27(33)22-9-7-21(8-10-22)20-5-3-2-4-6-20/h2-12,19,23H,13-18H2,1H3,(H,29,32)/t19-,23-/m1/s1. The van der Waals surface area contributed by atoms with Gasteiger partial charge in [0.1, 0.15) is 5.69 Å². The fourth-order valence-electron chi connectivity index (χ4n) is 5.23. The molecule has 2 amide bonds. The van der Waals surface area contributed by atoms with Gasteiger partial charge in [0.25, 0.3) is 11.5 Å². The molecule has 0 unspecified atom stereocenters. The van der Waals surface area contributed by atoms with Gasteiger partial charge in [-0.05, 0) is 47.7 Å². The topological polar surface area (TPSA) is 80.6 Å². The Kier molecular flexibility index (Phi) is 6.51. The van der Waals surface area contributed by atoms with Crippen LogP contribution in [0.2, 0.25) is 0 Å². The predicted octanol–water partition coefficient (Wildman–Crippen LogP) is 3.75. The van der Waals surface area contributed by atoms with Crippen LogP contribution in [0.25, 0.3) is 11.1 Å². The summed E-state index contributed by atoms with van der Waals surface area (Å²) in [6, 6.07) is 21.5. The maximum Gasteiger partial charge on any atom is 0.274 e. The zero-order chi connectivity index (χ0) is 24.4. The lowest BCUT2D eigenvalue weighted by atomic mass is 9.83. The van der Waals surface area contributed by atoms with E-state index in [1.807, 2.05) is 53.4 Å². The number of nitrogens with one attached hydrogen (secondary N) is 1. The maximum absolute atomic E-state index is 13.3. The number of hydrogen-bond donors (Lipinski definition) is 1. The number of nitrogens with zero attached hydrogens (tertiary/aromatic N) is 2. The van der Waals surface area contributed by atoms with Gasteiger partial charge >= 0.3 is 0 Å². The largest absolute Gasteiger partial charge is 0.384 e. The van der Waals surface area contributed by atoms with Crippen LogP contribution in [0.1, 0.15) is 34.8 Å². The predicted molar refractivity (Wildman–Crippen MR) is 134 cm³/mol. The van der Waals surface area contributed by atoms with Crippen LogP contribution in [-0.4, -0.2) is 48.1 Å². The molecule has 3 aromatic rings. The first-order valence-corrected chi connectivity index (χ1v) is 12.0. The number of benzene rings is 2. The van der Waals surface area contributed by atoms with E-state index in [0.29, 0.717) is 37.5 Å². The van der Waals surface area contributed by atoms with Gasteiger partial charge in [-0.2, -0.15) is 0 Å². The fourth-order valence-corrected chi connectivity index (χ4v) is 5.23. The van der Waals surface area contributed by atoms with E-state index in [1.54, 1.807) is 10.6 Å². The van der Waals surface area contributed by atoms with Crippen LogP contribution in [0.3, 0.4) is 0 Å². The van der Waals surface area contributed by atoms with Gasteiger partial charge in [0.05, 0.1) is 13.0 Å². The van der Waals surface area contributed by atoms with Crippen molar-refractivity contribution >= 4 is 17.5 Å². The zero-order valence-electron chi connectivity index (χ0n) is 19.8. The first kappa shape index (κ1) is 23.1. The van der Waals surface area contributed by atoms with Gasteiger partial charge in [-0.3, -0.25) is 14.4 Å². The summed E-state index contributed by atoms with van der Waals surface area (Å²) in [5.41, 5.74) is 3.92. The highest BCUT2D eigenvalue weighted by Gasteiger charge is 2.37.